The van der Waals surface area contributed by atoms with Gasteiger partial charge in [-0.15, -0.1) is 0 Å². The van der Waals surface area contributed by atoms with E-state index in [1.165, 1.54) is 31.2 Å². The highest BCUT2D eigenvalue weighted by Gasteiger charge is 2.19. The number of esters is 1. The molecule has 0 atom stereocenters. The Morgan fingerprint density at radius 1 is 1.24 bits per heavy atom. The van der Waals surface area contributed by atoms with Crippen LogP contribution in [0.4, 0.5) is 0 Å². The number of sulfone groups is 1. The maximum Gasteiger partial charge on any atom is 0.339 e. The van der Waals surface area contributed by atoms with E-state index in [2.05, 4.69) is 4.74 Å². The Kier molecular flexibility index (Phi) is 4.01. The highest BCUT2D eigenvalue weighted by Crippen LogP contribution is 2.16. The molecule has 0 N–H and O–H groups in total. The molecule has 92 valence electrons. The van der Waals surface area contributed by atoms with Crippen LogP contribution in [0.3, 0.4) is 0 Å². The zero-order valence-electron chi connectivity index (χ0n) is 9.47. The van der Waals surface area contributed by atoms with Crippen LogP contribution in [-0.2, 0) is 19.4 Å². The number of ketones is 1. The Bertz CT molecular complexity index is 545. The minimum Gasteiger partial charge on any atom is -0.454 e. The Morgan fingerprint density at radius 3 is 2.35 bits per heavy atom. The van der Waals surface area contributed by atoms with Crippen LogP contribution in [0, 0.1) is 0 Å². The number of benzene rings is 1. The van der Waals surface area contributed by atoms with Gasteiger partial charge in [0.1, 0.15) is 6.61 Å². The maximum absolute atomic E-state index is 11.6. The zero-order chi connectivity index (χ0) is 13.1. The smallest absolute Gasteiger partial charge is 0.339 e. The monoisotopic (exact) mass is 256 g/mol. The average molecular weight is 256 g/mol. The SMILES string of the molecule is CC(=O)COC(=O)c1ccccc1S(C)(=O)=O. The Morgan fingerprint density at radius 2 is 1.82 bits per heavy atom. The fourth-order valence-corrected chi connectivity index (χ4v) is 2.08. The number of carbonyl (C=O) groups is 2. The second kappa shape index (κ2) is 5.09. The molecule has 1 aromatic rings. The summed E-state index contributed by atoms with van der Waals surface area (Å²) in [5.74, 6) is -1.13. The standard InChI is InChI=1S/C11H12O5S/c1-8(12)7-16-11(13)9-5-3-4-6-10(9)17(2,14)15/h3-6H,7H2,1-2H3. The summed E-state index contributed by atoms with van der Waals surface area (Å²) in [6, 6.07) is 5.70. The van der Waals surface area contributed by atoms with E-state index in [9.17, 15) is 18.0 Å². The van der Waals surface area contributed by atoms with Crippen molar-refractivity contribution < 1.29 is 22.7 Å². The van der Waals surface area contributed by atoms with Crippen LogP contribution in [0.5, 0.6) is 0 Å². The van der Waals surface area contributed by atoms with E-state index in [-0.39, 0.29) is 22.8 Å². The minimum absolute atomic E-state index is 0.0590. The normalized spacial score (nSPS) is 10.9. The largest absolute Gasteiger partial charge is 0.454 e. The highest BCUT2D eigenvalue weighted by molar-refractivity contribution is 7.90. The van der Waals surface area contributed by atoms with Crippen molar-refractivity contribution in [2.75, 3.05) is 12.9 Å². The van der Waals surface area contributed by atoms with Crippen molar-refractivity contribution in [2.24, 2.45) is 0 Å². The molecule has 0 spiro atoms. The molecule has 0 fully saturated rings. The second-order valence-corrected chi connectivity index (χ2v) is 5.53. The van der Waals surface area contributed by atoms with E-state index in [0.717, 1.165) is 6.26 Å². The zero-order valence-corrected chi connectivity index (χ0v) is 10.3. The number of rotatable bonds is 4. The van der Waals surface area contributed by atoms with Crippen molar-refractivity contribution in [3.05, 3.63) is 29.8 Å². The Labute approximate surface area is 99.3 Å². The quantitative estimate of drug-likeness (QED) is 0.746. The summed E-state index contributed by atoms with van der Waals surface area (Å²) in [6.07, 6.45) is 1.00. The van der Waals surface area contributed by atoms with Gasteiger partial charge in [0.15, 0.2) is 15.6 Å². The molecule has 0 aliphatic carbocycles. The van der Waals surface area contributed by atoms with Crippen LogP contribution in [0.1, 0.15) is 17.3 Å². The van der Waals surface area contributed by atoms with Crippen molar-refractivity contribution in [2.45, 2.75) is 11.8 Å². The molecule has 17 heavy (non-hydrogen) atoms. The molecule has 0 amide bonds. The third-order valence-corrected chi connectivity index (χ3v) is 3.07. The van der Waals surface area contributed by atoms with Crippen molar-refractivity contribution in [1.29, 1.82) is 0 Å². The van der Waals surface area contributed by atoms with Gasteiger partial charge in [0.05, 0.1) is 10.5 Å². The number of hydrogen-bond donors (Lipinski definition) is 0. The number of ether oxygens (including phenoxy) is 1. The summed E-state index contributed by atoms with van der Waals surface area (Å²) in [7, 11) is -3.50. The van der Waals surface area contributed by atoms with Crippen LogP contribution < -0.4 is 0 Å². The molecule has 1 aromatic carbocycles. The summed E-state index contributed by atoms with van der Waals surface area (Å²) < 4.78 is 27.5. The molecule has 0 saturated heterocycles. The number of Topliss-reactive ketones (excluding diaryl/α,β-unsaturated/α-hetero) is 1. The first-order chi connectivity index (χ1) is 7.82. The molecule has 0 bridgehead atoms. The second-order valence-electron chi connectivity index (χ2n) is 3.55. The van der Waals surface area contributed by atoms with E-state index >= 15 is 0 Å². The molecule has 0 saturated carbocycles. The minimum atomic E-state index is -3.50. The molecule has 0 radical (unpaired) electrons. The molecule has 6 heteroatoms. The lowest BCUT2D eigenvalue weighted by molar-refractivity contribution is -0.120. The lowest BCUT2D eigenvalue weighted by Gasteiger charge is -2.06. The third-order valence-electron chi connectivity index (χ3n) is 1.91. The Hall–Kier alpha value is -1.69. The van der Waals surface area contributed by atoms with Crippen LogP contribution in [0.2, 0.25) is 0 Å². The van der Waals surface area contributed by atoms with Gasteiger partial charge in [0.25, 0.3) is 0 Å². The van der Waals surface area contributed by atoms with E-state index in [1.54, 1.807) is 0 Å². The summed E-state index contributed by atoms with van der Waals surface area (Å²) >= 11 is 0. The predicted molar refractivity (Wildman–Crippen MR) is 60.5 cm³/mol. The molecule has 5 nitrogen and oxygen atoms in total. The molecule has 0 unspecified atom stereocenters. The van der Waals surface area contributed by atoms with E-state index in [1.807, 2.05) is 0 Å². The first kappa shape index (κ1) is 13.4. The molecule has 0 aromatic heterocycles. The van der Waals surface area contributed by atoms with Gasteiger partial charge in [-0.2, -0.15) is 0 Å². The van der Waals surface area contributed by atoms with E-state index in [4.69, 9.17) is 0 Å². The van der Waals surface area contributed by atoms with Gasteiger partial charge >= 0.3 is 5.97 Å². The number of hydrogen-bond acceptors (Lipinski definition) is 5. The third kappa shape index (κ3) is 3.67. The highest BCUT2D eigenvalue weighted by atomic mass is 32.2. The van der Waals surface area contributed by atoms with Crippen LogP contribution in [-0.4, -0.2) is 33.0 Å². The van der Waals surface area contributed by atoms with Crippen LogP contribution in [0.25, 0.3) is 0 Å². The van der Waals surface area contributed by atoms with Gasteiger partial charge in [-0.1, -0.05) is 12.1 Å². The first-order valence-corrected chi connectivity index (χ1v) is 6.67. The molecule has 0 aliphatic heterocycles. The first-order valence-electron chi connectivity index (χ1n) is 4.78. The van der Waals surface area contributed by atoms with Gasteiger partial charge in [-0.05, 0) is 19.1 Å². The number of carbonyl (C=O) groups excluding carboxylic acids is 2. The lowest BCUT2D eigenvalue weighted by atomic mass is 10.2. The molecular formula is C11H12O5S. The van der Waals surface area contributed by atoms with Crippen molar-refractivity contribution in [3.8, 4) is 0 Å². The summed E-state index contributed by atoms with van der Waals surface area (Å²) in [5, 5.41) is 0. The maximum atomic E-state index is 11.6. The summed E-state index contributed by atoms with van der Waals surface area (Å²) in [6.45, 7) is 0.909. The topological polar surface area (TPSA) is 77.5 Å². The van der Waals surface area contributed by atoms with E-state index < -0.39 is 15.8 Å². The lowest BCUT2D eigenvalue weighted by Crippen LogP contribution is -2.14. The van der Waals surface area contributed by atoms with Gasteiger partial charge in [0.2, 0.25) is 0 Å². The van der Waals surface area contributed by atoms with Crippen LogP contribution >= 0.6 is 0 Å². The fourth-order valence-electron chi connectivity index (χ4n) is 1.20. The molecular weight excluding hydrogens is 244 g/mol. The molecule has 0 heterocycles. The van der Waals surface area contributed by atoms with E-state index in [0.29, 0.717) is 0 Å². The summed E-state index contributed by atoms with van der Waals surface area (Å²) in [4.78, 5) is 22.1. The van der Waals surface area contributed by atoms with Gasteiger partial charge in [0, 0.05) is 6.26 Å². The Balaban J connectivity index is 3.06. The molecule has 1 rings (SSSR count). The van der Waals surface area contributed by atoms with Gasteiger partial charge < -0.3 is 4.74 Å². The summed E-state index contributed by atoms with van der Waals surface area (Å²) in [5.41, 5.74) is -0.0590. The molecule has 0 aliphatic rings. The van der Waals surface area contributed by atoms with Crippen molar-refractivity contribution in [3.63, 3.8) is 0 Å². The average Bonchev–Trinajstić information content (AvgIpc) is 2.24. The fraction of sp³-hybridized carbons (Fsp3) is 0.273. The van der Waals surface area contributed by atoms with Crippen LogP contribution in [0.15, 0.2) is 29.2 Å². The van der Waals surface area contributed by atoms with Gasteiger partial charge in [-0.25, -0.2) is 13.2 Å². The van der Waals surface area contributed by atoms with Crippen molar-refractivity contribution in [1.82, 2.24) is 0 Å². The van der Waals surface area contributed by atoms with Gasteiger partial charge in [-0.3, -0.25) is 4.79 Å². The van der Waals surface area contributed by atoms with Crippen molar-refractivity contribution >= 4 is 21.6 Å². The predicted octanol–water partition coefficient (Wildman–Crippen LogP) is 0.836.